The van der Waals surface area contributed by atoms with Crippen molar-refractivity contribution >= 4 is 33.0 Å². The maximum absolute atomic E-state index is 13.1. The lowest BCUT2D eigenvalue weighted by atomic mass is 10.2. The van der Waals surface area contributed by atoms with Crippen molar-refractivity contribution in [2.45, 2.75) is 11.8 Å². The first kappa shape index (κ1) is 21.7. The number of anilines is 3. The lowest BCUT2D eigenvalue weighted by Crippen LogP contribution is -2.49. The fraction of sp³-hybridized carbons (Fsp3) is 0.238. The molecule has 0 bridgehead atoms. The maximum Gasteiger partial charge on any atom is 0.270 e. The van der Waals surface area contributed by atoms with E-state index in [9.17, 15) is 18.5 Å². The predicted molar refractivity (Wildman–Crippen MR) is 121 cm³/mol. The van der Waals surface area contributed by atoms with Gasteiger partial charge in [-0.3, -0.25) is 10.1 Å². The van der Waals surface area contributed by atoms with Crippen molar-refractivity contribution in [3.05, 3.63) is 76.3 Å². The Kier molecular flexibility index (Phi) is 6.01. The third-order valence-corrected chi connectivity index (χ3v) is 7.30. The van der Waals surface area contributed by atoms with Gasteiger partial charge in [-0.05, 0) is 36.8 Å². The Morgan fingerprint density at radius 1 is 0.969 bits per heavy atom. The molecule has 0 spiro atoms. The molecule has 0 aliphatic carbocycles. The molecule has 1 N–H and O–H groups in total. The second-order valence-corrected chi connectivity index (χ2v) is 9.27. The molecule has 2 aromatic carbocycles. The molecule has 1 aromatic heterocycles. The minimum absolute atomic E-state index is 0.0312. The van der Waals surface area contributed by atoms with Crippen molar-refractivity contribution in [3.8, 4) is 0 Å². The van der Waals surface area contributed by atoms with Gasteiger partial charge in [0.1, 0.15) is 0 Å². The topological polar surface area (TPSA) is 122 Å². The number of hydrogen-bond acceptors (Lipinski definition) is 8. The number of sulfonamides is 1. The summed E-state index contributed by atoms with van der Waals surface area (Å²) in [6.07, 6.45) is 0. The van der Waals surface area contributed by atoms with Gasteiger partial charge in [0.05, 0.1) is 9.82 Å². The van der Waals surface area contributed by atoms with E-state index in [0.29, 0.717) is 30.3 Å². The number of rotatable bonds is 6. The van der Waals surface area contributed by atoms with Crippen LogP contribution >= 0.6 is 0 Å². The Morgan fingerprint density at radius 3 is 2.31 bits per heavy atom. The van der Waals surface area contributed by atoms with E-state index in [2.05, 4.69) is 15.5 Å². The Bertz CT molecular complexity index is 1210. The number of aryl methyl sites for hydroxylation is 1. The van der Waals surface area contributed by atoms with Crippen LogP contribution in [0.15, 0.2) is 65.6 Å². The summed E-state index contributed by atoms with van der Waals surface area (Å²) in [6, 6.07) is 17.2. The van der Waals surface area contributed by atoms with Gasteiger partial charge >= 0.3 is 0 Å². The maximum atomic E-state index is 13.1. The molecule has 1 aliphatic heterocycles. The second-order valence-electron chi connectivity index (χ2n) is 7.37. The smallest absolute Gasteiger partial charge is 0.270 e. The molecule has 10 nitrogen and oxygen atoms in total. The first-order valence-electron chi connectivity index (χ1n) is 10.0. The molecule has 1 fully saturated rings. The molecule has 32 heavy (non-hydrogen) atoms. The van der Waals surface area contributed by atoms with Crippen molar-refractivity contribution in [2.75, 3.05) is 36.4 Å². The van der Waals surface area contributed by atoms with Crippen molar-refractivity contribution in [2.24, 2.45) is 0 Å². The molecule has 0 amide bonds. The highest BCUT2D eigenvalue weighted by Crippen LogP contribution is 2.26. The van der Waals surface area contributed by atoms with Crippen LogP contribution in [0.2, 0.25) is 0 Å². The Morgan fingerprint density at radius 2 is 1.69 bits per heavy atom. The van der Waals surface area contributed by atoms with Crippen molar-refractivity contribution in [1.82, 2.24) is 14.5 Å². The first-order valence-corrected chi connectivity index (χ1v) is 11.4. The summed E-state index contributed by atoms with van der Waals surface area (Å²) >= 11 is 0. The van der Waals surface area contributed by atoms with Crippen LogP contribution in [0.1, 0.15) is 5.56 Å². The summed E-state index contributed by atoms with van der Waals surface area (Å²) in [4.78, 5) is 12.4. The Balaban J connectivity index is 1.43. The van der Waals surface area contributed by atoms with Gasteiger partial charge in [-0.15, -0.1) is 10.2 Å². The van der Waals surface area contributed by atoms with Gasteiger partial charge in [0.15, 0.2) is 11.6 Å². The van der Waals surface area contributed by atoms with Gasteiger partial charge in [0.2, 0.25) is 10.0 Å². The van der Waals surface area contributed by atoms with Crippen molar-refractivity contribution < 1.29 is 13.3 Å². The number of nitro groups is 1. The Hall–Kier alpha value is -3.57. The molecule has 166 valence electrons. The molecule has 4 rings (SSSR count). The van der Waals surface area contributed by atoms with Crippen LogP contribution in [-0.2, 0) is 10.0 Å². The van der Waals surface area contributed by atoms with Crippen LogP contribution in [0.25, 0.3) is 0 Å². The molecule has 2 heterocycles. The highest BCUT2D eigenvalue weighted by Gasteiger charge is 2.31. The van der Waals surface area contributed by atoms with E-state index in [0.717, 1.165) is 11.8 Å². The third kappa shape index (κ3) is 4.53. The van der Waals surface area contributed by atoms with Crippen molar-refractivity contribution in [1.29, 1.82) is 0 Å². The van der Waals surface area contributed by atoms with Crippen LogP contribution in [0, 0.1) is 17.0 Å². The van der Waals surface area contributed by atoms with E-state index in [4.69, 9.17) is 0 Å². The number of non-ortho nitro benzene ring substituents is 1. The van der Waals surface area contributed by atoms with E-state index in [1.165, 1.54) is 16.4 Å². The van der Waals surface area contributed by atoms with Crippen LogP contribution < -0.4 is 10.2 Å². The van der Waals surface area contributed by atoms with Crippen LogP contribution in [0.3, 0.4) is 0 Å². The average Bonchev–Trinajstić information content (AvgIpc) is 2.80. The molecule has 0 saturated carbocycles. The van der Waals surface area contributed by atoms with Crippen LogP contribution in [0.4, 0.5) is 23.0 Å². The molecule has 11 heteroatoms. The molecular formula is C21H22N6O4S. The average molecular weight is 455 g/mol. The quantitative estimate of drug-likeness (QED) is 0.446. The highest BCUT2D eigenvalue weighted by atomic mass is 32.2. The van der Waals surface area contributed by atoms with Gasteiger partial charge in [-0.25, -0.2) is 8.42 Å². The van der Waals surface area contributed by atoms with E-state index in [1.807, 2.05) is 47.4 Å². The summed E-state index contributed by atoms with van der Waals surface area (Å²) in [6.45, 7) is 3.00. The molecule has 0 unspecified atom stereocenters. The monoisotopic (exact) mass is 454 g/mol. The lowest BCUT2D eigenvalue weighted by molar-refractivity contribution is -0.385. The molecular weight excluding hydrogens is 432 g/mol. The predicted octanol–water partition coefficient (Wildman–Crippen LogP) is 2.95. The molecule has 0 radical (unpaired) electrons. The second kappa shape index (κ2) is 8.89. The number of piperazine rings is 1. The fourth-order valence-electron chi connectivity index (χ4n) is 3.51. The zero-order valence-electron chi connectivity index (χ0n) is 17.4. The number of nitro benzene ring substituents is 1. The zero-order valence-corrected chi connectivity index (χ0v) is 18.2. The lowest BCUT2D eigenvalue weighted by Gasteiger charge is -2.34. The van der Waals surface area contributed by atoms with Gasteiger partial charge in [0, 0.05) is 44.0 Å². The summed E-state index contributed by atoms with van der Waals surface area (Å²) in [5.41, 5.74) is 1.14. The number of benzene rings is 2. The van der Waals surface area contributed by atoms with E-state index in [1.54, 1.807) is 6.92 Å². The number of nitrogens with zero attached hydrogens (tertiary/aromatic N) is 5. The van der Waals surface area contributed by atoms with E-state index in [-0.39, 0.29) is 23.7 Å². The van der Waals surface area contributed by atoms with Gasteiger partial charge in [-0.2, -0.15) is 4.31 Å². The zero-order chi connectivity index (χ0) is 22.7. The van der Waals surface area contributed by atoms with Crippen LogP contribution in [-0.4, -0.2) is 54.0 Å². The molecule has 0 atom stereocenters. The summed E-state index contributed by atoms with van der Waals surface area (Å²) in [5, 5.41) is 22.7. The normalized spacial score (nSPS) is 14.8. The molecule has 1 aliphatic rings. The Labute approximate surface area is 185 Å². The largest absolute Gasteiger partial charge is 0.352 e. The summed E-state index contributed by atoms with van der Waals surface area (Å²) < 4.78 is 27.5. The summed E-state index contributed by atoms with van der Waals surface area (Å²) in [7, 11) is -3.84. The van der Waals surface area contributed by atoms with Crippen LogP contribution in [0.5, 0.6) is 0 Å². The SMILES string of the molecule is Cc1ccc([N+](=O)[O-])cc1S(=O)(=O)N1CCN(c2ccc(Nc3ccccc3)nn2)CC1. The molecule has 1 saturated heterocycles. The van der Waals surface area contributed by atoms with Gasteiger partial charge in [-0.1, -0.05) is 24.3 Å². The van der Waals surface area contributed by atoms with E-state index < -0.39 is 14.9 Å². The number of nitrogens with one attached hydrogen (secondary N) is 1. The number of para-hydroxylation sites is 1. The van der Waals surface area contributed by atoms with Gasteiger partial charge in [0.25, 0.3) is 5.69 Å². The fourth-order valence-corrected chi connectivity index (χ4v) is 5.17. The number of aromatic nitrogens is 2. The standard InChI is InChI=1S/C21H22N6O4S/c1-16-7-8-18(27(28)29)15-19(16)32(30,31)26-13-11-25(12-14-26)21-10-9-20(23-24-21)22-17-5-3-2-4-6-17/h2-10,15H,11-14H2,1H3,(H,22,23). The minimum atomic E-state index is -3.84. The van der Waals surface area contributed by atoms with Crippen molar-refractivity contribution in [3.63, 3.8) is 0 Å². The highest BCUT2D eigenvalue weighted by molar-refractivity contribution is 7.89. The summed E-state index contributed by atoms with van der Waals surface area (Å²) in [5.74, 6) is 1.27. The van der Waals surface area contributed by atoms with E-state index >= 15 is 0 Å². The minimum Gasteiger partial charge on any atom is -0.352 e. The first-order chi connectivity index (χ1) is 15.3. The molecule has 3 aromatic rings. The number of hydrogen-bond donors (Lipinski definition) is 1. The van der Waals surface area contributed by atoms with Gasteiger partial charge < -0.3 is 10.2 Å². The third-order valence-electron chi connectivity index (χ3n) is 5.26.